The molecule has 1 saturated carbocycles. The summed E-state index contributed by atoms with van der Waals surface area (Å²) in [6.07, 6.45) is 9.14. The summed E-state index contributed by atoms with van der Waals surface area (Å²) in [6, 6.07) is 0. The van der Waals surface area contributed by atoms with Gasteiger partial charge in [0.25, 0.3) is 0 Å². The molecule has 17 heavy (non-hydrogen) atoms. The molecule has 0 aromatic heterocycles. The van der Waals surface area contributed by atoms with Crippen LogP contribution >= 0.6 is 0 Å². The molecule has 0 amide bonds. The quantitative estimate of drug-likeness (QED) is 0.717. The number of hydrogen-bond donors (Lipinski definition) is 1. The monoisotopic (exact) mass is 240 g/mol. The molecule has 1 aliphatic rings. The van der Waals surface area contributed by atoms with E-state index in [1.54, 1.807) is 0 Å². The van der Waals surface area contributed by atoms with E-state index >= 15 is 0 Å². The number of rotatable bonds is 6. The van der Waals surface area contributed by atoms with E-state index < -0.39 is 0 Å². The molecule has 3 unspecified atom stereocenters. The summed E-state index contributed by atoms with van der Waals surface area (Å²) in [4.78, 5) is 0. The van der Waals surface area contributed by atoms with Gasteiger partial charge in [0.1, 0.15) is 0 Å². The van der Waals surface area contributed by atoms with E-state index in [1.807, 2.05) is 0 Å². The van der Waals surface area contributed by atoms with Gasteiger partial charge < -0.3 is 5.11 Å². The molecule has 1 heteroatoms. The van der Waals surface area contributed by atoms with Gasteiger partial charge >= 0.3 is 0 Å². The van der Waals surface area contributed by atoms with Gasteiger partial charge in [-0.05, 0) is 48.9 Å². The average molecular weight is 240 g/mol. The molecule has 3 atom stereocenters. The van der Waals surface area contributed by atoms with Crippen LogP contribution in [-0.4, -0.2) is 11.7 Å². The molecule has 0 bridgehead atoms. The topological polar surface area (TPSA) is 20.2 Å². The lowest BCUT2D eigenvalue weighted by Gasteiger charge is -2.43. The van der Waals surface area contributed by atoms with Crippen LogP contribution in [0, 0.1) is 23.2 Å². The molecule has 0 aliphatic heterocycles. The Bertz CT molecular complexity index is 210. The summed E-state index contributed by atoms with van der Waals surface area (Å²) in [7, 11) is 0. The summed E-state index contributed by atoms with van der Waals surface area (Å²) in [6.45, 7) is 9.92. The van der Waals surface area contributed by atoms with Crippen LogP contribution in [0.5, 0.6) is 0 Å². The van der Waals surface area contributed by atoms with Crippen LogP contribution < -0.4 is 0 Å². The lowest BCUT2D eigenvalue weighted by atomic mass is 9.62. The molecule has 1 rings (SSSR count). The molecule has 0 aromatic rings. The predicted molar refractivity (Wildman–Crippen MR) is 75.0 cm³/mol. The lowest BCUT2D eigenvalue weighted by molar-refractivity contribution is 0.0658. The summed E-state index contributed by atoms with van der Waals surface area (Å²) >= 11 is 0. The summed E-state index contributed by atoms with van der Waals surface area (Å²) < 4.78 is 0. The first kappa shape index (κ1) is 15.0. The van der Waals surface area contributed by atoms with Crippen LogP contribution in [0.3, 0.4) is 0 Å². The maximum absolute atomic E-state index is 9.38. The van der Waals surface area contributed by atoms with Crippen molar-refractivity contribution >= 4 is 0 Å². The third-order valence-electron chi connectivity index (χ3n) is 5.01. The van der Waals surface area contributed by atoms with Gasteiger partial charge in [0, 0.05) is 6.61 Å². The Kier molecular flexibility index (Phi) is 5.99. The SMILES string of the molecule is CCCC(CO)CCC1C(C)CCCC1(C)C. The van der Waals surface area contributed by atoms with Gasteiger partial charge in [0.15, 0.2) is 0 Å². The zero-order valence-corrected chi connectivity index (χ0v) is 12.3. The first-order valence-electron chi connectivity index (χ1n) is 7.62. The van der Waals surface area contributed by atoms with Crippen LogP contribution in [-0.2, 0) is 0 Å². The molecule has 0 saturated heterocycles. The average Bonchev–Trinajstić information content (AvgIpc) is 2.26. The molecule has 0 heterocycles. The van der Waals surface area contributed by atoms with Gasteiger partial charge in [-0.15, -0.1) is 0 Å². The number of aliphatic hydroxyl groups excluding tert-OH is 1. The van der Waals surface area contributed by atoms with Crippen molar-refractivity contribution in [1.82, 2.24) is 0 Å². The largest absolute Gasteiger partial charge is 0.396 e. The zero-order chi connectivity index (χ0) is 12.9. The number of aliphatic hydroxyl groups is 1. The van der Waals surface area contributed by atoms with Crippen LogP contribution in [0.15, 0.2) is 0 Å². The minimum absolute atomic E-state index is 0.384. The predicted octanol–water partition coefficient (Wildman–Crippen LogP) is 4.64. The maximum atomic E-state index is 9.38. The second kappa shape index (κ2) is 6.78. The van der Waals surface area contributed by atoms with Gasteiger partial charge in [-0.2, -0.15) is 0 Å². The van der Waals surface area contributed by atoms with Gasteiger partial charge in [0.05, 0.1) is 0 Å². The Morgan fingerprint density at radius 3 is 2.53 bits per heavy atom. The van der Waals surface area contributed by atoms with Crippen LogP contribution in [0.1, 0.15) is 72.6 Å². The number of hydrogen-bond acceptors (Lipinski definition) is 1. The second-order valence-electron chi connectivity index (χ2n) is 6.88. The molecule has 1 aliphatic carbocycles. The van der Waals surface area contributed by atoms with Gasteiger partial charge in [-0.25, -0.2) is 0 Å². The van der Waals surface area contributed by atoms with Crippen molar-refractivity contribution in [3.8, 4) is 0 Å². The van der Waals surface area contributed by atoms with Crippen molar-refractivity contribution in [2.75, 3.05) is 6.61 Å². The van der Waals surface area contributed by atoms with E-state index in [2.05, 4.69) is 27.7 Å². The highest BCUT2D eigenvalue weighted by atomic mass is 16.3. The summed E-state index contributed by atoms with van der Waals surface area (Å²) in [5.41, 5.74) is 0.518. The Morgan fingerprint density at radius 2 is 2.00 bits per heavy atom. The molecule has 102 valence electrons. The van der Waals surface area contributed by atoms with Crippen molar-refractivity contribution in [3.63, 3.8) is 0 Å². The fourth-order valence-electron chi connectivity index (χ4n) is 3.86. The van der Waals surface area contributed by atoms with E-state index in [0.29, 0.717) is 17.9 Å². The highest BCUT2D eigenvalue weighted by Crippen LogP contribution is 2.46. The summed E-state index contributed by atoms with van der Waals surface area (Å²) in [5.74, 6) is 2.28. The van der Waals surface area contributed by atoms with Crippen molar-refractivity contribution in [2.24, 2.45) is 23.2 Å². The van der Waals surface area contributed by atoms with Crippen molar-refractivity contribution in [1.29, 1.82) is 0 Å². The third-order valence-corrected chi connectivity index (χ3v) is 5.01. The fraction of sp³-hybridized carbons (Fsp3) is 1.00. The van der Waals surface area contributed by atoms with E-state index in [-0.39, 0.29) is 0 Å². The van der Waals surface area contributed by atoms with E-state index in [1.165, 1.54) is 44.9 Å². The highest BCUT2D eigenvalue weighted by Gasteiger charge is 2.36. The van der Waals surface area contributed by atoms with E-state index in [4.69, 9.17) is 0 Å². The Balaban J connectivity index is 2.47. The van der Waals surface area contributed by atoms with Gasteiger partial charge in [-0.1, -0.05) is 47.0 Å². The van der Waals surface area contributed by atoms with Crippen molar-refractivity contribution in [2.45, 2.75) is 72.6 Å². The summed E-state index contributed by atoms with van der Waals surface area (Å²) in [5, 5.41) is 9.38. The molecule has 1 N–H and O–H groups in total. The third kappa shape index (κ3) is 4.28. The molecule has 0 aromatic carbocycles. The smallest absolute Gasteiger partial charge is 0.0459 e. The van der Waals surface area contributed by atoms with Crippen LogP contribution in [0.4, 0.5) is 0 Å². The van der Waals surface area contributed by atoms with E-state index in [0.717, 1.165) is 11.8 Å². The van der Waals surface area contributed by atoms with E-state index in [9.17, 15) is 5.11 Å². The molecular weight excluding hydrogens is 208 g/mol. The van der Waals surface area contributed by atoms with Crippen LogP contribution in [0.2, 0.25) is 0 Å². The first-order chi connectivity index (χ1) is 8.01. The Morgan fingerprint density at radius 1 is 1.29 bits per heavy atom. The highest BCUT2D eigenvalue weighted by molar-refractivity contribution is 4.86. The minimum Gasteiger partial charge on any atom is -0.396 e. The van der Waals surface area contributed by atoms with Crippen LogP contribution in [0.25, 0.3) is 0 Å². The Labute approximate surface area is 108 Å². The maximum Gasteiger partial charge on any atom is 0.0459 e. The second-order valence-corrected chi connectivity index (χ2v) is 6.88. The molecule has 1 fully saturated rings. The standard InChI is InChI=1S/C16H32O/c1-5-7-14(12-17)9-10-15-13(2)8-6-11-16(15,3)4/h13-15,17H,5-12H2,1-4H3. The first-order valence-corrected chi connectivity index (χ1v) is 7.62. The Hall–Kier alpha value is -0.0400. The zero-order valence-electron chi connectivity index (χ0n) is 12.3. The van der Waals surface area contributed by atoms with Gasteiger partial charge in [-0.3, -0.25) is 0 Å². The minimum atomic E-state index is 0.384. The van der Waals surface area contributed by atoms with Gasteiger partial charge in [0.2, 0.25) is 0 Å². The molecular formula is C16H32O. The fourth-order valence-corrected chi connectivity index (χ4v) is 3.86. The van der Waals surface area contributed by atoms with Crippen molar-refractivity contribution < 1.29 is 5.11 Å². The normalized spacial score (nSPS) is 30.2. The lowest BCUT2D eigenvalue weighted by Crippen LogP contribution is -2.34. The molecule has 0 spiro atoms. The van der Waals surface area contributed by atoms with Crippen molar-refractivity contribution in [3.05, 3.63) is 0 Å². The molecule has 1 nitrogen and oxygen atoms in total. The molecule has 0 radical (unpaired) electrons.